The van der Waals surface area contributed by atoms with Gasteiger partial charge in [0.1, 0.15) is 11.5 Å². The van der Waals surface area contributed by atoms with Crippen LogP contribution in [0.15, 0.2) is 57.1 Å². The third-order valence-electron chi connectivity index (χ3n) is 3.39. The highest BCUT2D eigenvalue weighted by Crippen LogP contribution is 2.30. The van der Waals surface area contributed by atoms with Gasteiger partial charge in [0.15, 0.2) is 0 Å². The topological polar surface area (TPSA) is 76.7 Å². The molecule has 0 aliphatic heterocycles. The molecule has 0 unspecified atom stereocenters. The molecule has 0 spiro atoms. The van der Waals surface area contributed by atoms with Gasteiger partial charge in [-0.05, 0) is 43.3 Å². The monoisotopic (exact) mass is 355 g/mol. The van der Waals surface area contributed by atoms with Crippen molar-refractivity contribution in [3.05, 3.63) is 54.1 Å². The fourth-order valence-electron chi connectivity index (χ4n) is 2.25. The Morgan fingerprint density at radius 2 is 2.28 bits per heavy atom. The van der Waals surface area contributed by atoms with E-state index in [2.05, 4.69) is 15.5 Å². The van der Waals surface area contributed by atoms with Gasteiger partial charge in [-0.1, -0.05) is 0 Å². The number of carbonyl (C=O) groups excluding carboxylic acids is 1. The first-order chi connectivity index (χ1) is 12.2. The maximum absolute atomic E-state index is 12.0. The lowest BCUT2D eigenvalue weighted by Crippen LogP contribution is -2.19. The van der Waals surface area contributed by atoms with Crippen molar-refractivity contribution in [3.63, 3.8) is 0 Å². The smallest absolute Gasteiger partial charge is 0.250 e. The number of rotatable bonds is 6. The summed E-state index contributed by atoms with van der Waals surface area (Å²) in [5.74, 6) is 1.38. The number of ether oxygens (including phenoxy) is 1. The number of hydrogen-bond acceptors (Lipinski definition) is 6. The molecule has 0 saturated heterocycles. The average molecular weight is 355 g/mol. The van der Waals surface area contributed by atoms with Crippen LogP contribution in [0.2, 0.25) is 0 Å². The third-order valence-corrected chi connectivity index (χ3v) is 4.44. The minimum absolute atomic E-state index is 0.196. The first-order valence-corrected chi connectivity index (χ1v) is 8.58. The molecule has 0 radical (unpaired) electrons. The normalized spacial score (nSPS) is 11.1. The molecule has 3 aromatic rings. The second-order valence-corrected chi connectivity index (χ2v) is 6.26. The van der Waals surface area contributed by atoms with Crippen LogP contribution in [0.25, 0.3) is 10.9 Å². The van der Waals surface area contributed by atoms with Gasteiger partial charge in [0.25, 0.3) is 0 Å². The maximum atomic E-state index is 12.0. The van der Waals surface area contributed by atoms with Crippen LogP contribution in [-0.2, 0) is 4.79 Å². The summed E-state index contributed by atoms with van der Waals surface area (Å²) in [6, 6.07) is 11.2. The van der Waals surface area contributed by atoms with Crippen molar-refractivity contribution >= 4 is 34.8 Å². The number of methoxy groups -OCH3 is 1. The molecule has 128 valence electrons. The van der Waals surface area contributed by atoms with Gasteiger partial charge >= 0.3 is 0 Å². The molecule has 1 aromatic carbocycles. The van der Waals surface area contributed by atoms with Crippen molar-refractivity contribution in [2.24, 2.45) is 5.10 Å². The molecule has 2 aromatic heterocycles. The van der Waals surface area contributed by atoms with E-state index in [9.17, 15) is 4.79 Å². The van der Waals surface area contributed by atoms with Crippen LogP contribution in [0.1, 0.15) is 11.5 Å². The third kappa shape index (κ3) is 4.39. The Balaban J connectivity index is 1.68. The van der Waals surface area contributed by atoms with Crippen LogP contribution in [0.3, 0.4) is 0 Å². The Morgan fingerprint density at radius 1 is 1.40 bits per heavy atom. The van der Waals surface area contributed by atoms with Gasteiger partial charge in [-0.25, -0.2) is 5.43 Å². The van der Waals surface area contributed by atoms with Crippen LogP contribution in [0.4, 0.5) is 0 Å². The maximum Gasteiger partial charge on any atom is 0.250 e. The molecule has 0 aliphatic rings. The van der Waals surface area contributed by atoms with Crippen LogP contribution in [0, 0.1) is 6.92 Å². The van der Waals surface area contributed by atoms with Gasteiger partial charge in [0.2, 0.25) is 5.91 Å². The molecule has 2 heterocycles. The van der Waals surface area contributed by atoms with E-state index in [1.54, 1.807) is 25.5 Å². The van der Waals surface area contributed by atoms with Gasteiger partial charge in [0, 0.05) is 16.0 Å². The van der Waals surface area contributed by atoms with Gasteiger partial charge in [-0.3, -0.25) is 9.78 Å². The summed E-state index contributed by atoms with van der Waals surface area (Å²) in [7, 11) is 1.63. The Morgan fingerprint density at radius 3 is 3.04 bits per heavy atom. The molecule has 0 saturated carbocycles. The van der Waals surface area contributed by atoms with E-state index in [0.29, 0.717) is 5.76 Å². The number of hydrazone groups is 1. The molecule has 25 heavy (non-hydrogen) atoms. The molecule has 1 amide bonds. The lowest BCUT2D eigenvalue weighted by Gasteiger charge is -2.09. The molecular weight excluding hydrogens is 338 g/mol. The molecule has 3 rings (SSSR count). The predicted molar refractivity (Wildman–Crippen MR) is 98.2 cm³/mol. The predicted octanol–water partition coefficient (Wildman–Crippen LogP) is 3.39. The lowest BCUT2D eigenvalue weighted by atomic mass is 10.2. The number of pyridine rings is 1. The number of thioether (sulfide) groups is 1. The van der Waals surface area contributed by atoms with E-state index < -0.39 is 0 Å². The zero-order chi connectivity index (χ0) is 17.6. The van der Waals surface area contributed by atoms with Gasteiger partial charge < -0.3 is 9.15 Å². The zero-order valence-electron chi connectivity index (χ0n) is 13.9. The SMILES string of the molecule is COc1ccc2nc(C)cc(SCC(=O)NN=Cc3ccco3)c2c1. The lowest BCUT2D eigenvalue weighted by molar-refractivity contribution is -0.118. The molecule has 7 heteroatoms. The number of amides is 1. The number of aromatic nitrogens is 1. The van der Waals surface area contributed by atoms with Gasteiger partial charge in [-0.15, -0.1) is 11.8 Å². The summed E-state index contributed by atoms with van der Waals surface area (Å²) < 4.78 is 10.4. The number of benzene rings is 1. The number of hydrogen-bond donors (Lipinski definition) is 1. The Labute approximate surface area is 149 Å². The second kappa shape index (κ2) is 7.85. The van der Waals surface area contributed by atoms with E-state index in [0.717, 1.165) is 27.2 Å². The van der Waals surface area contributed by atoms with Crippen LogP contribution in [0.5, 0.6) is 5.75 Å². The van der Waals surface area contributed by atoms with Crippen molar-refractivity contribution in [2.75, 3.05) is 12.9 Å². The Bertz CT molecular complexity index is 907. The number of aryl methyl sites for hydroxylation is 1. The van der Waals surface area contributed by atoms with E-state index >= 15 is 0 Å². The summed E-state index contributed by atoms with van der Waals surface area (Å²) in [6.45, 7) is 1.93. The van der Waals surface area contributed by atoms with Gasteiger partial charge in [0.05, 0.1) is 30.9 Å². The van der Waals surface area contributed by atoms with Crippen LogP contribution < -0.4 is 10.2 Å². The Kier molecular flexibility index (Phi) is 5.35. The Hall–Kier alpha value is -2.80. The van der Waals surface area contributed by atoms with Crippen molar-refractivity contribution in [1.29, 1.82) is 0 Å². The van der Waals surface area contributed by atoms with Crippen molar-refractivity contribution in [1.82, 2.24) is 10.4 Å². The first-order valence-electron chi connectivity index (χ1n) is 7.59. The molecule has 0 atom stereocenters. The van der Waals surface area contributed by atoms with Crippen molar-refractivity contribution < 1.29 is 13.9 Å². The van der Waals surface area contributed by atoms with Crippen molar-refractivity contribution in [2.45, 2.75) is 11.8 Å². The number of carbonyl (C=O) groups is 1. The standard InChI is InChI=1S/C18H17N3O3S/c1-12-8-17(15-9-13(23-2)5-6-16(15)20-12)25-11-18(22)21-19-10-14-4-3-7-24-14/h3-10H,11H2,1-2H3,(H,21,22). The molecule has 0 bridgehead atoms. The quantitative estimate of drug-likeness (QED) is 0.417. The molecule has 6 nitrogen and oxygen atoms in total. The fraction of sp³-hybridized carbons (Fsp3) is 0.167. The van der Waals surface area contributed by atoms with E-state index in [1.165, 1.54) is 18.0 Å². The molecule has 0 fully saturated rings. The molecule has 0 aliphatic carbocycles. The van der Waals surface area contributed by atoms with Crippen molar-refractivity contribution in [3.8, 4) is 5.75 Å². The minimum Gasteiger partial charge on any atom is -0.497 e. The number of nitrogens with one attached hydrogen (secondary N) is 1. The van der Waals surface area contributed by atoms with Crippen LogP contribution >= 0.6 is 11.8 Å². The summed E-state index contributed by atoms with van der Waals surface area (Å²) in [5, 5.41) is 4.83. The summed E-state index contributed by atoms with van der Waals surface area (Å²) in [5.41, 5.74) is 4.26. The van der Waals surface area contributed by atoms with Gasteiger partial charge in [-0.2, -0.15) is 5.10 Å². The zero-order valence-corrected chi connectivity index (χ0v) is 14.7. The summed E-state index contributed by atoms with van der Waals surface area (Å²) >= 11 is 1.43. The average Bonchev–Trinajstić information content (AvgIpc) is 3.12. The molecular formula is C18H17N3O3S. The molecule has 1 N–H and O–H groups in total. The largest absolute Gasteiger partial charge is 0.497 e. The van der Waals surface area contributed by atoms with Crippen LogP contribution in [-0.4, -0.2) is 30.0 Å². The fourth-order valence-corrected chi connectivity index (χ4v) is 3.18. The number of fused-ring (bicyclic) bond motifs is 1. The van der Waals surface area contributed by atoms with E-state index in [-0.39, 0.29) is 11.7 Å². The first kappa shape index (κ1) is 17.0. The minimum atomic E-state index is -0.196. The summed E-state index contributed by atoms with van der Waals surface area (Å²) in [6.07, 6.45) is 3.00. The highest BCUT2D eigenvalue weighted by atomic mass is 32.2. The van der Waals surface area contributed by atoms with E-state index in [1.807, 2.05) is 31.2 Å². The highest BCUT2D eigenvalue weighted by molar-refractivity contribution is 8.00. The second-order valence-electron chi connectivity index (χ2n) is 5.24. The van der Waals surface area contributed by atoms with E-state index in [4.69, 9.17) is 9.15 Å². The highest BCUT2D eigenvalue weighted by Gasteiger charge is 2.09. The number of furan rings is 1. The summed E-state index contributed by atoms with van der Waals surface area (Å²) in [4.78, 5) is 17.5. The number of nitrogens with zero attached hydrogens (tertiary/aromatic N) is 2.